The molecule has 2 heterocycles. The van der Waals surface area contributed by atoms with E-state index >= 15 is 0 Å². The summed E-state index contributed by atoms with van der Waals surface area (Å²) >= 11 is 0. The van der Waals surface area contributed by atoms with E-state index in [1.807, 2.05) is 24.3 Å². The van der Waals surface area contributed by atoms with E-state index in [2.05, 4.69) is 49.6 Å². The van der Waals surface area contributed by atoms with Gasteiger partial charge >= 0.3 is 0 Å². The molecule has 36 heavy (non-hydrogen) atoms. The number of hydrogen-bond donors (Lipinski definition) is 0. The van der Waals surface area contributed by atoms with Crippen molar-refractivity contribution >= 4 is 5.69 Å². The van der Waals surface area contributed by atoms with E-state index in [-0.39, 0.29) is 11.9 Å². The Kier molecular flexibility index (Phi) is 7.08. The number of anilines is 1. The Bertz CT molecular complexity index is 1250. The van der Waals surface area contributed by atoms with Crippen LogP contribution in [0.15, 0.2) is 72.8 Å². The lowest BCUT2D eigenvalue weighted by Gasteiger charge is -2.40. The van der Waals surface area contributed by atoms with E-state index in [1.165, 1.54) is 17.8 Å². The second-order valence-electron chi connectivity index (χ2n) is 8.72. The highest BCUT2D eigenvalue weighted by Crippen LogP contribution is 2.31. The maximum atomic E-state index is 13.4. The molecule has 1 fully saturated rings. The van der Waals surface area contributed by atoms with Crippen molar-refractivity contribution in [2.45, 2.75) is 12.6 Å². The highest BCUT2D eigenvalue weighted by Gasteiger charge is 2.31. The van der Waals surface area contributed by atoms with Gasteiger partial charge in [0, 0.05) is 31.9 Å². The van der Waals surface area contributed by atoms with Crippen molar-refractivity contribution in [1.82, 2.24) is 25.1 Å². The van der Waals surface area contributed by atoms with Crippen LogP contribution in [0.1, 0.15) is 23.0 Å². The van der Waals surface area contributed by atoms with Crippen LogP contribution in [0, 0.1) is 5.82 Å². The topological polar surface area (TPSA) is 68.5 Å². The van der Waals surface area contributed by atoms with Crippen LogP contribution in [0.3, 0.4) is 0 Å². The zero-order valence-electron chi connectivity index (χ0n) is 20.4. The Morgan fingerprint density at radius 3 is 2.03 bits per heavy atom. The molecule has 4 aromatic rings. The Balaban J connectivity index is 1.40. The van der Waals surface area contributed by atoms with Gasteiger partial charge in [-0.1, -0.05) is 24.3 Å². The second-order valence-corrected chi connectivity index (χ2v) is 8.72. The largest absolute Gasteiger partial charge is 0.497 e. The molecule has 0 amide bonds. The summed E-state index contributed by atoms with van der Waals surface area (Å²) in [5.41, 5.74) is 3.20. The first-order chi connectivity index (χ1) is 17.6. The van der Waals surface area contributed by atoms with Gasteiger partial charge < -0.3 is 14.4 Å². The van der Waals surface area contributed by atoms with E-state index in [9.17, 15) is 4.39 Å². The third-order valence-corrected chi connectivity index (χ3v) is 6.60. The molecule has 186 valence electrons. The number of aromatic nitrogens is 4. The molecule has 1 aromatic heterocycles. The molecule has 0 spiro atoms. The first kappa shape index (κ1) is 23.7. The number of rotatable bonds is 8. The number of tetrazole rings is 1. The molecule has 5 rings (SSSR count). The lowest BCUT2D eigenvalue weighted by Crippen LogP contribution is -2.48. The van der Waals surface area contributed by atoms with Crippen molar-refractivity contribution in [3.63, 3.8) is 0 Å². The fraction of sp³-hybridized carbons (Fsp3) is 0.296. The first-order valence-electron chi connectivity index (χ1n) is 11.9. The third kappa shape index (κ3) is 5.16. The van der Waals surface area contributed by atoms with Crippen LogP contribution in [0.5, 0.6) is 11.5 Å². The summed E-state index contributed by atoms with van der Waals surface area (Å²) in [4.78, 5) is 4.79. The maximum Gasteiger partial charge on any atom is 0.173 e. The quantitative estimate of drug-likeness (QED) is 0.374. The molecule has 0 bridgehead atoms. The molecule has 9 heteroatoms. The predicted molar refractivity (Wildman–Crippen MR) is 135 cm³/mol. The highest BCUT2D eigenvalue weighted by atomic mass is 19.1. The molecule has 0 radical (unpaired) electrons. The Morgan fingerprint density at radius 1 is 0.806 bits per heavy atom. The number of benzene rings is 3. The van der Waals surface area contributed by atoms with Gasteiger partial charge in [-0.05, 0) is 70.1 Å². The molecule has 1 aliphatic rings. The number of nitrogens with zero attached hydrogens (tertiary/aromatic N) is 6. The number of methoxy groups -OCH3 is 2. The van der Waals surface area contributed by atoms with Gasteiger partial charge in [0.15, 0.2) is 5.82 Å². The minimum absolute atomic E-state index is 0.135. The monoisotopic (exact) mass is 488 g/mol. The van der Waals surface area contributed by atoms with Gasteiger partial charge in [-0.15, -0.1) is 5.10 Å². The molecule has 1 atom stereocenters. The van der Waals surface area contributed by atoms with Crippen molar-refractivity contribution in [1.29, 1.82) is 0 Å². The van der Waals surface area contributed by atoms with E-state index in [0.717, 1.165) is 54.6 Å². The summed E-state index contributed by atoms with van der Waals surface area (Å²) in [6, 6.07) is 22.5. The molecule has 1 aliphatic heterocycles. The van der Waals surface area contributed by atoms with Crippen molar-refractivity contribution < 1.29 is 13.9 Å². The molecular formula is C27H29FN6O2. The zero-order chi connectivity index (χ0) is 24.9. The van der Waals surface area contributed by atoms with Gasteiger partial charge in [-0.2, -0.15) is 0 Å². The molecule has 0 unspecified atom stereocenters. The predicted octanol–water partition coefficient (Wildman–Crippen LogP) is 3.79. The van der Waals surface area contributed by atoms with Crippen LogP contribution >= 0.6 is 0 Å². The van der Waals surface area contributed by atoms with Crippen LogP contribution in [0.2, 0.25) is 0 Å². The molecule has 8 nitrogen and oxygen atoms in total. The summed E-state index contributed by atoms with van der Waals surface area (Å²) in [7, 11) is 3.34. The van der Waals surface area contributed by atoms with E-state index in [0.29, 0.717) is 6.54 Å². The first-order valence-corrected chi connectivity index (χ1v) is 11.9. The van der Waals surface area contributed by atoms with Crippen LogP contribution in [0.25, 0.3) is 0 Å². The summed E-state index contributed by atoms with van der Waals surface area (Å²) in [6.07, 6.45) is 0. The summed E-state index contributed by atoms with van der Waals surface area (Å²) in [5.74, 6) is 2.14. The lowest BCUT2D eigenvalue weighted by molar-refractivity contribution is 0.201. The lowest BCUT2D eigenvalue weighted by atomic mass is 10.0. The van der Waals surface area contributed by atoms with Crippen molar-refractivity contribution in [2.75, 3.05) is 45.3 Å². The van der Waals surface area contributed by atoms with Crippen LogP contribution in [-0.4, -0.2) is 65.5 Å². The molecule has 0 saturated carbocycles. The van der Waals surface area contributed by atoms with Gasteiger partial charge in [0.25, 0.3) is 0 Å². The van der Waals surface area contributed by atoms with Gasteiger partial charge in [0.05, 0.1) is 26.8 Å². The number of hydrogen-bond acceptors (Lipinski definition) is 7. The summed E-state index contributed by atoms with van der Waals surface area (Å²) in [6.45, 7) is 3.89. The molecule has 3 aromatic carbocycles. The van der Waals surface area contributed by atoms with Gasteiger partial charge in [-0.3, -0.25) is 4.90 Å². The van der Waals surface area contributed by atoms with Crippen LogP contribution in [0.4, 0.5) is 10.1 Å². The number of piperazine rings is 1. The standard InChI is InChI=1S/C27H29FN6O2/c1-35-24-11-5-21(6-12-24)26(27-29-30-31-34(27)19-20-3-7-22(28)8-4-20)33-17-15-32(16-18-33)23-9-13-25(36-2)14-10-23/h3-14,26H,15-19H2,1-2H3/t26-/m0/s1. The minimum atomic E-state index is -0.262. The van der Waals surface area contributed by atoms with E-state index in [1.54, 1.807) is 31.0 Å². The van der Waals surface area contributed by atoms with E-state index < -0.39 is 0 Å². The molecule has 1 saturated heterocycles. The van der Waals surface area contributed by atoms with Gasteiger partial charge in [0.2, 0.25) is 0 Å². The van der Waals surface area contributed by atoms with Gasteiger partial charge in [-0.25, -0.2) is 9.07 Å². The third-order valence-electron chi connectivity index (χ3n) is 6.60. The number of halogens is 1. The highest BCUT2D eigenvalue weighted by molar-refractivity contribution is 5.49. The average molecular weight is 489 g/mol. The normalized spacial score (nSPS) is 15.0. The van der Waals surface area contributed by atoms with E-state index in [4.69, 9.17) is 9.47 Å². The smallest absolute Gasteiger partial charge is 0.173 e. The summed E-state index contributed by atoms with van der Waals surface area (Å²) in [5, 5.41) is 12.7. The fourth-order valence-electron chi connectivity index (χ4n) is 4.62. The second kappa shape index (κ2) is 10.7. The Labute approximate surface area is 209 Å². The van der Waals surface area contributed by atoms with Crippen molar-refractivity contribution in [2.24, 2.45) is 0 Å². The van der Waals surface area contributed by atoms with Crippen molar-refractivity contribution in [3.8, 4) is 11.5 Å². The molecule has 0 aliphatic carbocycles. The van der Waals surface area contributed by atoms with Crippen molar-refractivity contribution in [3.05, 3.63) is 95.6 Å². The SMILES string of the molecule is COc1ccc([C@@H](c2nnnn2Cc2ccc(F)cc2)N2CCN(c3ccc(OC)cc3)CC2)cc1. The Morgan fingerprint density at radius 2 is 1.42 bits per heavy atom. The maximum absolute atomic E-state index is 13.4. The average Bonchev–Trinajstić information content (AvgIpc) is 3.38. The van der Waals surface area contributed by atoms with Crippen LogP contribution < -0.4 is 14.4 Å². The van der Waals surface area contributed by atoms with Crippen LogP contribution in [-0.2, 0) is 6.54 Å². The molecular weight excluding hydrogens is 459 g/mol. The fourth-order valence-corrected chi connectivity index (χ4v) is 4.62. The van der Waals surface area contributed by atoms with Gasteiger partial charge in [0.1, 0.15) is 17.3 Å². The molecule has 0 N–H and O–H groups in total. The summed E-state index contributed by atoms with van der Waals surface area (Å²) < 4.78 is 25.9. The minimum Gasteiger partial charge on any atom is -0.497 e. The zero-order valence-corrected chi connectivity index (χ0v) is 20.4. The number of ether oxygens (including phenoxy) is 2. The Hall–Kier alpha value is -3.98.